The Hall–Kier alpha value is -3.73. The third-order valence-electron chi connectivity index (χ3n) is 4.82. The molecule has 0 fully saturated rings. The summed E-state index contributed by atoms with van der Waals surface area (Å²) in [6, 6.07) is 24.5. The molecule has 0 bridgehead atoms. The molecule has 4 aromatic rings. The van der Waals surface area contributed by atoms with E-state index >= 15 is 0 Å². The van der Waals surface area contributed by atoms with Crippen molar-refractivity contribution >= 4 is 17.5 Å². The highest BCUT2D eigenvalue weighted by Crippen LogP contribution is 2.25. The maximum atomic E-state index is 4.72. The molecule has 2 heterocycles. The molecule has 0 saturated heterocycles. The zero-order valence-electron chi connectivity index (χ0n) is 17.2. The predicted molar refractivity (Wildman–Crippen MR) is 123 cm³/mol. The van der Waals surface area contributed by atoms with Gasteiger partial charge in [0.25, 0.3) is 0 Å². The zero-order chi connectivity index (χ0) is 20.8. The van der Waals surface area contributed by atoms with E-state index in [-0.39, 0.29) is 0 Å². The fourth-order valence-electron chi connectivity index (χ4n) is 3.13. The first-order chi connectivity index (χ1) is 14.7. The van der Waals surface area contributed by atoms with E-state index in [4.69, 9.17) is 4.98 Å². The summed E-state index contributed by atoms with van der Waals surface area (Å²) in [5.74, 6) is 1.82. The molecule has 0 aliphatic rings. The second-order valence-corrected chi connectivity index (χ2v) is 7.44. The van der Waals surface area contributed by atoms with Gasteiger partial charge in [0.05, 0.1) is 5.69 Å². The second-order valence-electron chi connectivity index (χ2n) is 7.44. The Morgan fingerprint density at radius 1 is 0.867 bits per heavy atom. The summed E-state index contributed by atoms with van der Waals surface area (Å²) >= 11 is 0. The van der Waals surface area contributed by atoms with E-state index < -0.39 is 0 Å². The normalized spacial score (nSPS) is 10.8. The maximum absolute atomic E-state index is 4.72. The number of anilines is 3. The largest absolute Gasteiger partial charge is 0.350 e. The molecule has 0 amide bonds. The van der Waals surface area contributed by atoms with Gasteiger partial charge in [0, 0.05) is 36.3 Å². The van der Waals surface area contributed by atoms with Gasteiger partial charge in [-0.2, -0.15) is 4.98 Å². The summed E-state index contributed by atoms with van der Waals surface area (Å²) in [6.07, 6.45) is 3.60. The van der Waals surface area contributed by atoms with E-state index in [9.17, 15) is 0 Å². The molecule has 2 aromatic heterocycles. The van der Waals surface area contributed by atoms with Crippen molar-refractivity contribution in [3.63, 3.8) is 0 Å². The highest BCUT2D eigenvalue weighted by Gasteiger charge is 2.08. The lowest BCUT2D eigenvalue weighted by Crippen LogP contribution is -2.06. The summed E-state index contributed by atoms with van der Waals surface area (Å²) < 4.78 is 0. The number of hydrogen-bond acceptors (Lipinski definition) is 5. The van der Waals surface area contributed by atoms with Crippen LogP contribution in [0.15, 0.2) is 85.2 Å². The van der Waals surface area contributed by atoms with Gasteiger partial charge in [-0.15, -0.1) is 0 Å². The van der Waals surface area contributed by atoms with Crippen molar-refractivity contribution in [1.29, 1.82) is 0 Å². The van der Waals surface area contributed by atoms with Crippen LogP contribution in [0, 0.1) is 0 Å². The van der Waals surface area contributed by atoms with Gasteiger partial charge >= 0.3 is 0 Å². The minimum absolute atomic E-state index is 0.506. The van der Waals surface area contributed by atoms with Gasteiger partial charge in [0.2, 0.25) is 5.95 Å². The lowest BCUT2D eigenvalue weighted by molar-refractivity contribution is 0.867. The van der Waals surface area contributed by atoms with E-state index in [1.165, 1.54) is 5.56 Å². The first-order valence-electron chi connectivity index (χ1n) is 10.1. The van der Waals surface area contributed by atoms with Crippen LogP contribution in [-0.4, -0.2) is 15.0 Å². The van der Waals surface area contributed by atoms with Gasteiger partial charge in [0.1, 0.15) is 5.82 Å². The average Bonchev–Trinajstić information content (AvgIpc) is 2.79. The van der Waals surface area contributed by atoms with Gasteiger partial charge in [0.15, 0.2) is 0 Å². The van der Waals surface area contributed by atoms with Gasteiger partial charge < -0.3 is 10.6 Å². The standard InChI is InChI=1S/C25H25N5/c1-18(2)20-10-12-22(13-11-20)28-24-15-23(21-8-4-3-5-9-21)29-25(30-24)27-17-19-7-6-14-26-16-19/h3-16,18H,17H2,1-2H3,(H2,27,28,29,30). The fraction of sp³-hybridized carbons (Fsp3) is 0.160. The number of rotatable bonds is 7. The predicted octanol–water partition coefficient (Wildman–Crippen LogP) is 6.02. The van der Waals surface area contributed by atoms with Gasteiger partial charge in [-0.05, 0) is 35.2 Å². The highest BCUT2D eigenvalue weighted by atomic mass is 15.1. The summed E-state index contributed by atoms with van der Waals surface area (Å²) in [5, 5.41) is 6.73. The monoisotopic (exact) mass is 395 g/mol. The van der Waals surface area contributed by atoms with Crippen LogP contribution in [0.1, 0.15) is 30.9 Å². The van der Waals surface area contributed by atoms with Crippen molar-refractivity contribution in [2.24, 2.45) is 0 Å². The molecule has 2 aromatic carbocycles. The molecule has 0 saturated carbocycles. The smallest absolute Gasteiger partial charge is 0.225 e. The van der Waals surface area contributed by atoms with Crippen LogP contribution >= 0.6 is 0 Å². The molecule has 150 valence electrons. The highest BCUT2D eigenvalue weighted by molar-refractivity contribution is 5.67. The van der Waals surface area contributed by atoms with Crippen LogP contribution in [0.5, 0.6) is 0 Å². The molecule has 0 atom stereocenters. The molecule has 0 unspecified atom stereocenters. The molecule has 0 spiro atoms. The summed E-state index contributed by atoms with van der Waals surface area (Å²) in [5.41, 5.74) is 5.29. The first-order valence-corrected chi connectivity index (χ1v) is 10.1. The van der Waals surface area contributed by atoms with Crippen molar-refractivity contribution in [3.05, 3.63) is 96.3 Å². The quantitative estimate of drug-likeness (QED) is 0.401. The Labute approximate surface area is 177 Å². The van der Waals surface area contributed by atoms with Crippen molar-refractivity contribution in [2.75, 3.05) is 10.6 Å². The number of pyridine rings is 1. The third kappa shape index (κ3) is 5.00. The van der Waals surface area contributed by atoms with Crippen LogP contribution in [0.3, 0.4) is 0 Å². The number of benzene rings is 2. The number of nitrogens with one attached hydrogen (secondary N) is 2. The summed E-state index contributed by atoms with van der Waals surface area (Å²) in [6.45, 7) is 4.99. The van der Waals surface area contributed by atoms with Gasteiger partial charge in [-0.1, -0.05) is 62.4 Å². The maximum Gasteiger partial charge on any atom is 0.225 e. The van der Waals surface area contributed by atoms with E-state index in [1.807, 2.05) is 42.6 Å². The first kappa shape index (κ1) is 19.6. The number of nitrogens with zero attached hydrogens (tertiary/aromatic N) is 3. The van der Waals surface area contributed by atoms with Crippen LogP contribution < -0.4 is 10.6 Å². The molecule has 5 nitrogen and oxygen atoms in total. The van der Waals surface area contributed by atoms with Crippen molar-refractivity contribution in [2.45, 2.75) is 26.3 Å². The number of hydrogen-bond donors (Lipinski definition) is 2. The van der Waals surface area contributed by atoms with Crippen LogP contribution in [0.4, 0.5) is 17.5 Å². The molecule has 2 N–H and O–H groups in total. The molecular weight excluding hydrogens is 370 g/mol. The van der Waals surface area contributed by atoms with Crippen molar-refractivity contribution in [3.8, 4) is 11.3 Å². The Morgan fingerprint density at radius 3 is 2.37 bits per heavy atom. The minimum atomic E-state index is 0.506. The SMILES string of the molecule is CC(C)c1ccc(Nc2cc(-c3ccccc3)nc(NCc3cccnc3)n2)cc1. The lowest BCUT2D eigenvalue weighted by Gasteiger charge is -2.12. The van der Waals surface area contributed by atoms with Gasteiger partial charge in [-0.3, -0.25) is 4.98 Å². The lowest BCUT2D eigenvalue weighted by atomic mass is 10.0. The summed E-state index contributed by atoms with van der Waals surface area (Å²) in [4.78, 5) is 13.5. The second kappa shape index (κ2) is 9.18. The van der Waals surface area contributed by atoms with E-state index in [1.54, 1.807) is 6.20 Å². The molecule has 30 heavy (non-hydrogen) atoms. The van der Waals surface area contributed by atoms with Crippen LogP contribution in [-0.2, 0) is 6.54 Å². The molecular formula is C25H25N5. The topological polar surface area (TPSA) is 62.7 Å². The van der Waals surface area contributed by atoms with Crippen molar-refractivity contribution < 1.29 is 0 Å². The fourth-order valence-corrected chi connectivity index (χ4v) is 3.13. The van der Waals surface area contributed by atoms with E-state index in [0.29, 0.717) is 18.4 Å². The molecule has 0 aliphatic carbocycles. The van der Waals surface area contributed by atoms with Crippen molar-refractivity contribution in [1.82, 2.24) is 15.0 Å². The Bertz CT molecular complexity index is 1080. The molecule has 4 rings (SSSR count). The van der Waals surface area contributed by atoms with Gasteiger partial charge in [-0.25, -0.2) is 4.98 Å². The summed E-state index contributed by atoms with van der Waals surface area (Å²) in [7, 11) is 0. The third-order valence-corrected chi connectivity index (χ3v) is 4.82. The Morgan fingerprint density at radius 2 is 1.67 bits per heavy atom. The molecule has 0 radical (unpaired) electrons. The molecule has 0 aliphatic heterocycles. The van der Waals surface area contributed by atoms with Crippen LogP contribution in [0.25, 0.3) is 11.3 Å². The van der Waals surface area contributed by atoms with Crippen LogP contribution in [0.2, 0.25) is 0 Å². The zero-order valence-corrected chi connectivity index (χ0v) is 17.2. The molecule has 5 heteroatoms. The number of aromatic nitrogens is 3. The Kier molecular flexibility index (Phi) is 5.99. The average molecular weight is 396 g/mol. The van der Waals surface area contributed by atoms with E-state index in [2.05, 4.69) is 70.8 Å². The Balaban J connectivity index is 1.61. The minimum Gasteiger partial charge on any atom is -0.350 e. The van der Waals surface area contributed by atoms with E-state index in [0.717, 1.165) is 28.3 Å².